The lowest BCUT2D eigenvalue weighted by molar-refractivity contribution is -0.138. The molecule has 1 saturated heterocycles. The molecule has 2 aliphatic heterocycles. The van der Waals surface area contributed by atoms with Crippen LogP contribution < -0.4 is 14.2 Å². The zero-order valence-corrected chi connectivity index (χ0v) is 20.8. The molecule has 0 aromatic heterocycles. The Hall–Kier alpha value is -4.00. The zero-order valence-electron chi connectivity index (χ0n) is 20.8. The van der Waals surface area contributed by atoms with E-state index in [0.29, 0.717) is 18.0 Å². The number of hydrogen-bond acceptors (Lipinski definition) is 5. The molecule has 0 spiro atoms. The molecule has 0 radical (unpaired) electrons. The largest absolute Gasteiger partial charge is 0.496 e. The van der Waals surface area contributed by atoms with Gasteiger partial charge in [0.15, 0.2) is 11.5 Å². The van der Waals surface area contributed by atoms with Crippen LogP contribution in [0.5, 0.6) is 17.2 Å². The second-order valence-electron chi connectivity index (χ2n) is 9.07. The van der Waals surface area contributed by atoms with Gasteiger partial charge in [-0.1, -0.05) is 30.3 Å². The second-order valence-corrected chi connectivity index (χ2v) is 9.07. The third-order valence-corrected chi connectivity index (χ3v) is 7.12. The molecule has 0 N–H and O–H groups in total. The first-order chi connectivity index (χ1) is 17.5. The molecule has 5 rings (SSSR count). The fraction of sp³-hybridized carbons (Fsp3) is 0.310. The molecule has 3 aromatic rings. The molecule has 0 aliphatic carbocycles. The summed E-state index contributed by atoms with van der Waals surface area (Å²) in [4.78, 5) is 30.1. The van der Waals surface area contributed by atoms with Gasteiger partial charge in [0, 0.05) is 18.1 Å². The van der Waals surface area contributed by atoms with Gasteiger partial charge in [0.25, 0.3) is 0 Å². The minimum absolute atomic E-state index is 0.00216. The van der Waals surface area contributed by atoms with Crippen molar-refractivity contribution in [3.63, 3.8) is 0 Å². The zero-order chi connectivity index (χ0) is 25.2. The Morgan fingerprint density at radius 3 is 2.42 bits per heavy atom. The lowest BCUT2D eigenvalue weighted by Crippen LogP contribution is -2.40. The van der Waals surface area contributed by atoms with Crippen LogP contribution in [0.15, 0.2) is 54.7 Å². The molecule has 2 aliphatic rings. The van der Waals surface area contributed by atoms with Gasteiger partial charge < -0.3 is 24.0 Å². The van der Waals surface area contributed by atoms with E-state index >= 15 is 0 Å². The van der Waals surface area contributed by atoms with Gasteiger partial charge in [-0.2, -0.15) is 0 Å². The summed E-state index contributed by atoms with van der Waals surface area (Å²) in [5, 5.41) is 2.12. The molecule has 2 heterocycles. The Labute approximate surface area is 210 Å². The fourth-order valence-electron chi connectivity index (χ4n) is 5.29. The summed E-state index contributed by atoms with van der Waals surface area (Å²) in [5.74, 6) is 1.81. The van der Waals surface area contributed by atoms with Crippen LogP contribution >= 0.6 is 0 Å². The average molecular weight is 487 g/mol. The summed E-state index contributed by atoms with van der Waals surface area (Å²) >= 11 is 0. The number of hydrogen-bond donors (Lipinski definition) is 0. The molecular weight excluding hydrogens is 456 g/mol. The number of carbonyl (C=O) groups is 2. The highest BCUT2D eigenvalue weighted by Gasteiger charge is 2.33. The minimum atomic E-state index is -0.129. The first-order valence-electron chi connectivity index (χ1n) is 12.1. The summed E-state index contributed by atoms with van der Waals surface area (Å²) in [6.07, 6.45) is 5.55. The van der Waals surface area contributed by atoms with Crippen molar-refractivity contribution in [1.82, 2.24) is 9.80 Å². The Morgan fingerprint density at radius 1 is 0.944 bits per heavy atom. The van der Waals surface area contributed by atoms with Crippen LogP contribution in [0.25, 0.3) is 16.8 Å². The van der Waals surface area contributed by atoms with Gasteiger partial charge in [-0.05, 0) is 59.2 Å². The maximum Gasteiger partial charge on any atom is 0.243 e. The number of carbonyl (C=O) groups excluding carboxylic acids is 2. The van der Waals surface area contributed by atoms with Crippen LogP contribution in [-0.4, -0.2) is 56.0 Å². The molecule has 1 fully saturated rings. The lowest BCUT2D eigenvalue weighted by Gasteiger charge is -2.28. The highest BCUT2D eigenvalue weighted by molar-refractivity contribution is 5.93. The van der Waals surface area contributed by atoms with E-state index in [1.807, 2.05) is 47.4 Å². The summed E-state index contributed by atoms with van der Waals surface area (Å²) in [6.45, 7) is 0.673. The van der Waals surface area contributed by atoms with Crippen molar-refractivity contribution in [3.05, 3.63) is 71.4 Å². The number of methoxy groups -OCH3 is 3. The number of amides is 2. The van der Waals surface area contributed by atoms with Crippen LogP contribution in [0.2, 0.25) is 0 Å². The normalized spacial score (nSPS) is 17.2. The van der Waals surface area contributed by atoms with Crippen molar-refractivity contribution in [2.24, 2.45) is 0 Å². The molecule has 36 heavy (non-hydrogen) atoms. The van der Waals surface area contributed by atoms with Crippen LogP contribution in [-0.2, 0) is 16.0 Å². The summed E-state index contributed by atoms with van der Waals surface area (Å²) in [7, 11) is 4.82. The van der Waals surface area contributed by atoms with Gasteiger partial charge in [-0.15, -0.1) is 0 Å². The molecule has 7 heteroatoms. The lowest BCUT2D eigenvalue weighted by atomic mass is 9.96. The Kier molecular flexibility index (Phi) is 6.55. The Morgan fingerprint density at radius 2 is 1.67 bits per heavy atom. The number of benzene rings is 3. The molecule has 3 aromatic carbocycles. The maximum absolute atomic E-state index is 13.5. The molecule has 0 bridgehead atoms. The highest BCUT2D eigenvalue weighted by atomic mass is 16.5. The minimum Gasteiger partial charge on any atom is -0.496 e. The van der Waals surface area contributed by atoms with E-state index < -0.39 is 0 Å². The predicted molar refractivity (Wildman–Crippen MR) is 138 cm³/mol. The number of likely N-dealkylation sites (tertiary alicyclic amines) is 1. The SMILES string of the molecule is COc1cc2c(cc1OC)CC(=O)N(CC(=O)N1CCCC1c1ccc(OC)c3ccccc13)C=C2. The van der Waals surface area contributed by atoms with E-state index in [1.165, 1.54) is 4.90 Å². The maximum atomic E-state index is 13.5. The van der Waals surface area contributed by atoms with Crippen molar-refractivity contribution >= 4 is 28.7 Å². The van der Waals surface area contributed by atoms with E-state index in [-0.39, 0.29) is 30.8 Å². The number of ether oxygens (including phenoxy) is 3. The number of nitrogens with zero attached hydrogens (tertiary/aromatic N) is 2. The van der Waals surface area contributed by atoms with Gasteiger partial charge >= 0.3 is 0 Å². The molecule has 2 amide bonds. The third-order valence-electron chi connectivity index (χ3n) is 7.12. The smallest absolute Gasteiger partial charge is 0.243 e. The van der Waals surface area contributed by atoms with E-state index in [2.05, 4.69) is 12.1 Å². The second kappa shape index (κ2) is 9.93. The van der Waals surface area contributed by atoms with Crippen molar-refractivity contribution in [3.8, 4) is 17.2 Å². The van der Waals surface area contributed by atoms with Crippen molar-refractivity contribution in [2.45, 2.75) is 25.3 Å². The topological polar surface area (TPSA) is 68.3 Å². The molecular formula is C29H30N2O5. The molecule has 0 saturated carbocycles. The van der Waals surface area contributed by atoms with Gasteiger partial charge in [-0.3, -0.25) is 9.59 Å². The fourth-order valence-corrected chi connectivity index (χ4v) is 5.29. The summed E-state index contributed by atoms with van der Waals surface area (Å²) < 4.78 is 16.3. The quantitative estimate of drug-likeness (QED) is 0.510. The van der Waals surface area contributed by atoms with E-state index in [9.17, 15) is 9.59 Å². The highest BCUT2D eigenvalue weighted by Crippen LogP contribution is 2.39. The first-order valence-corrected chi connectivity index (χ1v) is 12.1. The molecule has 186 valence electrons. The van der Waals surface area contributed by atoms with E-state index in [0.717, 1.165) is 46.1 Å². The van der Waals surface area contributed by atoms with Crippen LogP contribution in [0.1, 0.15) is 35.6 Å². The van der Waals surface area contributed by atoms with E-state index in [1.54, 1.807) is 27.5 Å². The van der Waals surface area contributed by atoms with Gasteiger partial charge in [0.2, 0.25) is 11.8 Å². The first kappa shape index (κ1) is 23.7. The number of fused-ring (bicyclic) bond motifs is 2. The summed E-state index contributed by atoms with van der Waals surface area (Å²) in [6, 6.07) is 15.8. The average Bonchev–Trinajstić information content (AvgIpc) is 3.34. The van der Waals surface area contributed by atoms with Crippen molar-refractivity contribution in [1.29, 1.82) is 0 Å². The Balaban J connectivity index is 1.38. The predicted octanol–water partition coefficient (Wildman–Crippen LogP) is 4.58. The molecule has 1 unspecified atom stereocenters. The molecule has 1 atom stereocenters. The third kappa shape index (κ3) is 4.26. The number of rotatable bonds is 6. The monoisotopic (exact) mass is 486 g/mol. The standard InChI is InChI=1S/C29H30N2O5/c1-34-25-11-10-22(21-7-4-5-8-23(21)25)24-9-6-13-31(24)29(33)18-30-14-12-19-15-26(35-2)27(36-3)16-20(19)17-28(30)32/h4-5,7-8,10-12,14-16,24H,6,9,13,17-18H2,1-3H3. The van der Waals surface area contributed by atoms with Crippen LogP contribution in [0.4, 0.5) is 0 Å². The van der Waals surface area contributed by atoms with Gasteiger partial charge in [0.1, 0.15) is 12.3 Å². The molecule has 7 nitrogen and oxygen atoms in total. The van der Waals surface area contributed by atoms with Crippen LogP contribution in [0, 0.1) is 0 Å². The van der Waals surface area contributed by atoms with Gasteiger partial charge in [0.05, 0.1) is 33.8 Å². The van der Waals surface area contributed by atoms with Crippen molar-refractivity contribution < 1.29 is 23.8 Å². The van der Waals surface area contributed by atoms with Gasteiger partial charge in [-0.25, -0.2) is 0 Å². The summed E-state index contributed by atoms with van der Waals surface area (Å²) in [5.41, 5.74) is 2.83. The van der Waals surface area contributed by atoms with Crippen molar-refractivity contribution in [2.75, 3.05) is 34.4 Å². The van der Waals surface area contributed by atoms with E-state index in [4.69, 9.17) is 14.2 Å². The Bertz CT molecular complexity index is 1350. The van der Waals surface area contributed by atoms with Crippen LogP contribution in [0.3, 0.4) is 0 Å².